The van der Waals surface area contributed by atoms with E-state index in [-0.39, 0.29) is 6.04 Å². The van der Waals surface area contributed by atoms with Crippen LogP contribution in [0.2, 0.25) is 10.0 Å². The fourth-order valence-electron chi connectivity index (χ4n) is 1.93. The van der Waals surface area contributed by atoms with E-state index in [1.807, 2.05) is 43.3 Å². The molecule has 20 heavy (non-hydrogen) atoms. The molecule has 0 aliphatic rings. The summed E-state index contributed by atoms with van der Waals surface area (Å²) in [6.45, 7) is 2.41. The Bertz CT molecular complexity index is 617. The van der Waals surface area contributed by atoms with Gasteiger partial charge in [-0.1, -0.05) is 51.3 Å². The molecule has 0 amide bonds. The first-order valence-electron chi connectivity index (χ1n) is 6.19. The van der Waals surface area contributed by atoms with Crippen LogP contribution in [-0.2, 0) is 0 Å². The van der Waals surface area contributed by atoms with E-state index in [1.165, 1.54) is 0 Å². The first-order chi connectivity index (χ1) is 9.51. The zero-order valence-corrected chi connectivity index (χ0v) is 14.1. The van der Waals surface area contributed by atoms with E-state index in [0.717, 1.165) is 26.3 Å². The monoisotopic (exact) mass is 372 g/mol. The summed E-state index contributed by atoms with van der Waals surface area (Å²) in [6, 6.07) is 11.6. The first-order valence-corrected chi connectivity index (χ1v) is 7.74. The zero-order valence-electron chi connectivity index (χ0n) is 11.0. The van der Waals surface area contributed by atoms with Gasteiger partial charge in [0.2, 0.25) is 0 Å². The second kappa shape index (κ2) is 6.81. The van der Waals surface area contributed by atoms with Crippen molar-refractivity contribution in [2.24, 2.45) is 5.73 Å². The Morgan fingerprint density at radius 1 is 1.15 bits per heavy atom. The Hall–Kier alpha value is -0.740. The van der Waals surface area contributed by atoms with Gasteiger partial charge in [-0.3, -0.25) is 0 Å². The molecule has 0 heterocycles. The molecule has 3 N–H and O–H groups in total. The Morgan fingerprint density at radius 2 is 1.90 bits per heavy atom. The van der Waals surface area contributed by atoms with Gasteiger partial charge in [-0.25, -0.2) is 0 Å². The second-order valence-electron chi connectivity index (χ2n) is 4.56. The van der Waals surface area contributed by atoms with Crippen molar-refractivity contribution in [1.29, 1.82) is 0 Å². The van der Waals surface area contributed by atoms with E-state index in [2.05, 4.69) is 21.2 Å². The van der Waals surface area contributed by atoms with Crippen LogP contribution < -0.4 is 11.1 Å². The Labute approximate surface area is 137 Å². The van der Waals surface area contributed by atoms with Gasteiger partial charge in [0.25, 0.3) is 0 Å². The lowest BCUT2D eigenvalue weighted by Crippen LogP contribution is -2.21. The maximum absolute atomic E-state index is 6.27. The number of halogens is 3. The lowest BCUT2D eigenvalue weighted by molar-refractivity contribution is 0.790. The van der Waals surface area contributed by atoms with Crippen molar-refractivity contribution < 1.29 is 0 Å². The molecule has 2 aromatic carbocycles. The summed E-state index contributed by atoms with van der Waals surface area (Å²) in [6.07, 6.45) is 0. The van der Waals surface area contributed by atoms with Gasteiger partial charge in [0.1, 0.15) is 0 Å². The predicted octanol–water partition coefficient (Wildman–Crippen LogP) is 5.18. The van der Waals surface area contributed by atoms with E-state index < -0.39 is 0 Å². The summed E-state index contributed by atoms with van der Waals surface area (Å²) in [7, 11) is 0. The molecular weight excluding hydrogens is 359 g/mol. The van der Waals surface area contributed by atoms with Crippen molar-refractivity contribution in [1.82, 2.24) is 0 Å². The van der Waals surface area contributed by atoms with Crippen molar-refractivity contribution in [3.05, 3.63) is 62.0 Å². The Balaban J connectivity index is 2.26. The molecule has 0 saturated heterocycles. The van der Waals surface area contributed by atoms with Crippen LogP contribution in [0.5, 0.6) is 0 Å². The zero-order chi connectivity index (χ0) is 14.7. The summed E-state index contributed by atoms with van der Waals surface area (Å²) in [5.74, 6) is 0. The summed E-state index contributed by atoms with van der Waals surface area (Å²) >= 11 is 15.8. The lowest BCUT2D eigenvalue weighted by atomic mass is 10.1. The molecule has 106 valence electrons. The smallest absolute Gasteiger partial charge is 0.0650 e. The van der Waals surface area contributed by atoms with Crippen LogP contribution in [0.4, 0.5) is 5.69 Å². The van der Waals surface area contributed by atoms with E-state index in [0.29, 0.717) is 11.6 Å². The van der Waals surface area contributed by atoms with Crippen LogP contribution in [0.1, 0.15) is 17.2 Å². The number of nitrogens with two attached hydrogens (primary N) is 1. The normalized spacial score (nSPS) is 12.2. The number of aryl methyl sites for hydroxylation is 1. The van der Waals surface area contributed by atoms with Gasteiger partial charge in [0.15, 0.2) is 0 Å². The number of rotatable bonds is 4. The van der Waals surface area contributed by atoms with Crippen molar-refractivity contribution in [2.75, 3.05) is 11.9 Å². The summed E-state index contributed by atoms with van der Waals surface area (Å²) in [4.78, 5) is 0. The molecule has 0 fully saturated rings. The highest BCUT2D eigenvalue weighted by atomic mass is 79.9. The number of hydrogen-bond donors (Lipinski definition) is 2. The van der Waals surface area contributed by atoms with Gasteiger partial charge in [0, 0.05) is 26.8 Å². The van der Waals surface area contributed by atoms with Crippen LogP contribution in [0, 0.1) is 6.92 Å². The Morgan fingerprint density at radius 3 is 2.50 bits per heavy atom. The quantitative estimate of drug-likeness (QED) is 0.775. The number of hydrogen-bond acceptors (Lipinski definition) is 2. The molecule has 1 atom stereocenters. The predicted molar refractivity (Wildman–Crippen MR) is 90.8 cm³/mol. The van der Waals surface area contributed by atoms with Gasteiger partial charge in [-0.05, 0) is 42.3 Å². The van der Waals surface area contributed by atoms with Crippen LogP contribution in [0.15, 0.2) is 40.9 Å². The molecule has 0 aliphatic heterocycles. The standard InChI is InChI=1S/C15H15BrCl2N2/c1-9-2-4-11(7-13(9)17)20-15(8-19)12-5-3-10(16)6-14(12)18/h2-7,15,20H,8,19H2,1H3. The summed E-state index contributed by atoms with van der Waals surface area (Å²) < 4.78 is 0.945. The first kappa shape index (κ1) is 15.6. The molecule has 2 aromatic rings. The molecule has 0 bridgehead atoms. The topological polar surface area (TPSA) is 38.0 Å². The third-order valence-electron chi connectivity index (χ3n) is 3.09. The molecule has 2 nitrogen and oxygen atoms in total. The van der Waals surface area contributed by atoms with E-state index >= 15 is 0 Å². The fourth-order valence-corrected chi connectivity index (χ4v) is 2.92. The SMILES string of the molecule is Cc1ccc(NC(CN)c2ccc(Br)cc2Cl)cc1Cl. The van der Waals surface area contributed by atoms with Crippen molar-refractivity contribution in [3.8, 4) is 0 Å². The summed E-state index contributed by atoms with van der Waals surface area (Å²) in [5, 5.41) is 4.77. The molecule has 2 rings (SSSR count). The molecule has 0 aromatic heterocycles. The molecule has 5 heteroatoms. The maximum atomic E-state index is 6.27. The molecule has 0 radical (unpaired) electrons. The van der Waals surface area contributed by atoms with Gasteiger partial charge in [-0.15, -0.1) is 0 Å². The van der Waals surface area contributed by atoms with Crippen molar-refractivity contribution in [2.45, 2.75) is 13.0 Å². The van der Waals surface area contributed by atoms with Gasteiger partial charge >= 0.3 is 0 Å². The van der Waals surface area contributed by atoms with Crippen LogP contribution in [0.3, 0.4) is 0 Å². The minimum Gasteiger partial charge on any atom is -0.377 e. The minimum atomic E-state index is -0.0608. The number of anilines is 1. The van der Waals surface area contributed by atoms with Crippen molar-refractivity contribution >= 4 is 44.8 Å². The third kappa shape index (κ3) is 3.67. The largest absolute Gasteiger partial charge is 0.377 e. The highest BCUT2D eigenvalue weighted by molar-refractivity contribution is 9.10. The Kier molecular flexibility index (Phi) is 5.33. The van der Waals surface area contributed by atoms with Crippen LogP contribution >= 0.6 is 39.1 Å². The average Bonchev–Trinajstić information content (AvgIpc) is 2.41. The average molecular weight is 374 g/mol. The number of nitrogens with one attached hydrogen (secondary N) is 1. The fraction of sp³-hybridized carbons (Fsp3) is 0.200. The van der Waals surface area contributed by atoms with Gasteiger partial charge < -0.3 is 11.1 Å². The molecule has 0 aliphatic carbocycles. The van der Waals surface area contributed by atoms with Crippen molar-refractivity contribution in [3.63, 3.8) is 0 Å². The molecule has 1 unspecified atom stereocenters. The molecule has 0 saturated carbocycles. The molecule has 0 spiro atoms. The number of benzene rings is 2. The molecular formula is C15H15BrCl2N2. The second-order valence-corrected chi connectivity index (χ2v) is 6.29. The van der Waals surface area contributed by atoms with E-state index in [4.69, 9.17) is 28.9 Å². The van der Waals surface area contributed by atoms with Crippen LogP contribution in [0.25, 0.3) is 0 Å². The lowest BCUT2D eigenvalue weighted by Gasteiger charge is -2.20. The minimum absolute atomic E-state index is 0.0608. The van der Waals surface area contributed by atoms with Crippen LogP contribution in [-0.4, -0.2) is 6.54 Å². The maximum Gasteiger partial charge on any atom is 0.0650 e. The summed E-state index contributed by atoms with van der Waals surface area (Å²) in [5.41, 5.74) is 8.80. The highest BCUT2D eigenvalue weighted by Gasteiger charge is 2.13. The highest BCUT2D eigenvalue weighted by Crippen LogP contribution is 2.29. The van der Waals surface area contributed by atoms with Gasteiger partial charge in [-0.2, -0.15) is 0 Å². The van der Waals surface area contributed by atoms with E-state index in [9.17, 15) is 0 Å². The van der Waals surface area contributed by atoms with Gasteiger partial charge in [0.05, 0.1) is 6.04 Å². The van der Waals surface area contributed by atoms with E-state index in [1.54, 1.807) is 0 Å². The third-order valence-corrected chi connectivity index (χ3v) is 4.31.